The smallest absolute Gasteiger partial charge is 0.260 e. The van der Waals surface area contributed by atoms with E-state index < -0.39 is 0 Å². The van der Waals surface area contributed by atoms with Crippen molar-refractivity contribution in [1.29, 1.82) is 0 Å². The van der Waals surface area contributed by atoms with E-state index in [1.807, 2.05) is 10.3 Å². The number of carbonyl (C=O) groups is 2. The number of amides is 2. The zero-order chi connectivity index (χ0) is 20.9. The number of thiophene rings is 1. The lowest BCUT2D eigenvalue weighted by Gasteiger charge is -2.34. The fraction of sp³-hybridized carbons (Fsp3) is 0.381. The van der Waals surface area contributed by atoms with Crippen LogP contribution in [0.2, 0.25) is 0 Å². The van der Waals surface area contributed by atoms with Gasteiger partial charge in [-0.2, -0.15) is 0 Å². The number of rotatable bonds is 7. The second-order valence-corrected chi connectivity index (χ2v) is 9.11. The molecule has 30 heavy (non-hydrogen) atoms. The largest absolute Gasteiger partial charge is 0.469 e. The first-order chi connectivity index (χ1) is 14.6. The topological polar surface area (TPSA) is 78.7 Å². The Hall–Kier alpha value is -2.49. The number of nitrogens with zero attached hydrogens (tertiary/aromatic N) is 3. The summed E-state index contributed by atoms with van der Waals surface area (Å²) < 4.78 is 5.16. The van der Waals surface area contributed by atoms with Gasteiger partial charge in [-0.3, -0.25) is 19.8 Å². The highest BCUT2D eigenvalue weighted by atomic mass is 32.1. The summed E-state index contributed by atoms with van der Waals surface area (Å²) in [6.07, 6.45) is 2.81. The summed E-state index contributed by atoms with van der Waals surface area (Å²) >= 11 is 3.12. The van der Waals surface area contributed by atoms with Crippen LogP contribution in [0, 0.1) is 6.92 Å². The van der Waals surface area contributed by atoms with Crippen molar-refractivity contribution in [2.45, 2.75) is 19.8 Å². The quantitative estimate of drug-likeness (QED) is 0.605. The van der Waals surface area contributed by atoms with Crippen LogP contribution >= 0.6 is 22.7 Å². The molecule has 1 N–H and O–H groups in total. The lowest BCUT2D eigenvalue weighted by Crippen LogP contribution is -2.49. The van der Waals surface area contributed by atoms with E-state index in [0.717, 1.165) is 39.1 Å². The highest BCUT2D eigenvalue weighted by Crippen LogP contribution is 2.19. The van der Waals surface area contributed by atoms with E-state index in [0.29, 0.717) is 22.1 Å². The number of hydrogen-bond acceptors (Lipinski definition) is 7. The number of hydrogen-bond donors (Lipinski definition) is 1. The summed E-state index contributed by atoms with van der Waals surface area (Å²) in [7, 11) is 0. The average Bonchev–Trinajstić information content (AvgIpc) is 3.49. The minimum absolute atomic E-state index is 0.0850. The van der Waals surface area contributed by atoms with Crippen molar-refractivity contribution < 1.29 is 14.0 Å². The van der Waals surface area contributed by atoms with E-state index in [1.54, 1.807) is 24.3 Å². The lowest BCUT2D eigenvalue weighted by molar-refractivity contribution is -0.132. The van der Waals surface area contributed by atoms with Gasteiger partial charge in [0.1, 0.15) is 5.76 Å². The van der Waals surface area contributed by atoms with Gasteiger partial charge in [0.25, 0.3) is 5.91 Å². The molecule has 2 amide bonds. The van der Waals surface area contributed by atoms with Gasteiger partial charge in [0.15, 0.2) is 5.13 Å². The summed E-state index contributed by atoms with van der Waals surface area (Å²) in [4.78, 5) is 35.0. The Balaban J connectivity index is 1.23. The number of aryl methyl sites for hydroxylation is 1. The molecule has 0 aliphatic carbocycles. The zero-order valence-electron chi connectivity index (χ0n) is 16.8. The van der Waals surface area contributed by atoms with E-state index in [-0.39, 0.29) is 18.2 Å². The molecule has 3 aromatic rings. The first-order valence-corrected chi connectivity index (χ1v) is 11.7. The van der Waals surface area contributed by atoms with Crippen LogP contribution in [-0.4, -0.2) is 59.3 Å². The van der Waals surface area contributed by atoms with Crippen molar-refractivity contribution in [3.05, 3.63) is 57.1 Å². The number of piperazine rings is 1. The molecule has 0 spiro atoms. The van der Waals surface area contributed by atoms with Crippen LogP contribution in [0.15, 0.2) is 39.6 Å². The first kappa shape index (κ1) is 20.8. The fourth-order valence-corrected chi connectivity index (χ4v) is 4.84. The molecule has 0 atom stereocenters. The molecule has 0 unspecified atom stereocenters. The summed E-state index contributed by atoms with van der Waals surface area (Å²) in [6, 6.07) is 5.89. The molecule has 1 fully saturated rings. The molecule has 4 heterocycles. The van der Waals surface area contributed by atoms with Crippen molar-refractivity contribution in [2.75, 3.05) is 38.0 Å². The number of thiazole rings is 1. The Bertz CT molecular complexity index is 988. The zero-order valence-corrected chi connectivity index (χ0v) is 18.4. The van der Waals surface area contributed by atoms with Crippen LogP contribution < -0.4 is 5.32 Å². The van der Waals surface area contributed by atoms with Gasteiger partial charge in [-0.15, -0.1) is 22.7 Å². The fourth-order valence-electron chi connectivity index (χ4n) is 3.44. The van der Waals surface area contributed by atoms with E-state index in [4.69, 9.17) is 4.42 Å². The van der Waals surface area contributed by atoms with Crippen LogP contribution in [0.1, 0.15) is 26.7 Å². The maximum atomic E-state index is 12.7. The Morgan fingerprint density at radius 2 is 2.03 bits per heavy atom. The Morgan fingerprint density at radius 3 is 2.73 bits per heavy atom. The third kappa shape index (κ3) is 5.16. The van der Waals surface area contributed by atoms with E-state index in [1.165, 1.54) is 22.5 Å². The maximum Gasteiger partial charge on any atom is 0.260 e. The Kier molecular flexibility index (Phi) is 6.61. The van der Waals surface area contributed by atoms with Crippen LogP contribution in [-0.2, 0) is 17.6 Å². The van der Waals surface area contributed by atoms with Crippen molar-refractivity contribution in [1.82, 2.24) is 14.8 Å². The minimum atomic E-state index is -0.257. The first-order valence-electron chi connectivity index (χ1n) is 9.91. The molecule has 1 aliphatic rings. The number of nitrogens with one attached hydrogen (secondary N) is 1. The summed E-state index contributed by atoms with van der Waals surface area (Å²) in [5.74, 6) is 0.392. The predicted molar refractivity (Wildman–Crippen MR) is 118 cm³/mol. The van der Waals surface area contributed by atoms with Gasteiger partial charge in [0.05, 0.1) is 23.9 Å². The van der Waals surface area contributed by atoms with E-state index in [2.05, 4.69) is 32.7 Å². The molecule has 7 nitrogen and oxygen atoms in total. The molecule has 1 aliphatic heterocycles. The molecule has 0 radical (unpaired) electrons. The second kappa shape index (κ2) is 9.55. The van der Waals surface area contributed by atoms with Gasteiger partial charge in [-0.25, -0.2) is 4.98 Å². The molecule has 4 rings (SSSR count). The molecule has 1 saturated heterocycles. The van der Waals surface area contributed by atoms with Crippen molar-refractivity contribution in [2.24, 2.45) is 0 Å². The third-order valence-corrected chi connectivity index (χ3v) is 6.93. The molecule has 0 aromatic carbocycles. The standard InChI is InChI=1S/C21H24N4O3S2/c1-15-18(5-11-28-15)20(27)23-21-22-16(14-30-21)13-19(26)25-9-7-24(8-10-25)6-4-17-3-2-12-29-17/h2-3,5,11-12,14H,4,6-10,13H2,1H3,(H,22,23,27). The Morgan fingerprint density at radius 1 is 1.20 bits per heavy atom. The number of aromatic nitrogens is 1. The molecule has 158 valence electrons. The molecule has 3 aromatic heterocycles. The number of carbonyl (C=O) groups excluding carboxylic acids is 2. The summed E-state index contributed by atoms with van der Waals surface area (Å²) in [5, 5.41) is 7.19. The van der Waals surface area contributed by atoms with E-state index >= 15 is 0 Å². The third-order valence-electron chi connectivity index (χ3n) is 5.19. The molecule has 9 heteroatoms. The van der Waals surface area contributed by atoms with Gasteiger partial charge in [-0.05, 0) is 30.9 Å². The second-order valence-electron chi connectivity index (χ2n) is 7.22. The molecular weight excluding hydrogens is 420 g/mol. The normalized spacial score (nSPS) is 14.8. The van der Waals surface area contributed by atoms with Gasteiger partial charge >= 0.3 is 0 Å². The monoisotopic (exact) mass is 444 g/mol. The van der Waals surface area contributed by atoms with Crippen molar-refractivity contribution in [3.8, 4) is 0 Å². The van der Waals surface area contributed by atoms with Crippen LogP contribution in [0.3, 0.4) is 0 Å². The van der Waals surface area contributed by atoms with Gasteiger partial charge < -0.3 is 9.32 Å². The van der Waals surface area contributed by atoms with Crippen LogP contribution in [0.5, 0.6) is 0 Å². The Labute approximate surface area is 183 Å². The minimum Gasteiger partial charge on any atom is -0.469 e. The van der Waals surface area contributed by atoms with Gasteiger partial charge in [-0.1, -0.05) is 6.07 Å². The maximum absolute atomic E-state index is 12.7. The number of anilines is 1. The molecular formula is C21H24N4O3S2. The highest BCUT2D eigenvalue weighted by Gasteiger charge is 2.22. The summed E-state index contributed by atoms with van der Waals surface area (Å²) in [6.45, 7) is 6.07. The highest BCUT2D eigenvalue weighted by molar-refractivity contribution is 7.14. The number of furan rings is 1. The van der Waals surface area contributed by atoms with E-state index in [9.17, 15) is 9.59 Å². The molecule has 0 bridgehead atoms. The van der Waals surface area contributed by atoms with Crippen LogP contribution in [0.4, 0.5) is 5.13 Å². The van der Waals surface area contributed by atoms with Crippen molar-refractivity contribution >= 4 is 39.6 Å². The predicted octanol–water partition coefficient (Wildman–Crippen LogP) is 3.29. The molecule has 0 saturated carbocycles. The summed E-state index contributed by atoms with van der Waals surface area (Å²) in [5.41, 5.74) is 1.17. The van der Waals surface area contributed by atoms with Gasteiger partial charge in [0.2, 0.25) is 5.91 Å². The average molecular weight is 445 g/mol. The van der Waals surface area contributed by atoms with Gasteiger partial charge in [0, 0.05) is 43.0 Å². The SMILES string of the molecule is Cc1occc1C(=O)Nc1nc(CC(=O)N2CCN(CCc3cccs3)CC2)cs1. The van der Waals surface area contributed by atoms with Crippen molar-refractivity contribution in [3.63, 3.8) is 0 Å². The lowest BCUT2D eigenvalue weighted by atomic mass is 10.2. The van der Waals surface area contributed by atoms with Crippen LogP contribution in [0.25, 0.3) is 0 Å².